The molecular weight excluding hydrogens is 466 g/mol. The molecule has 1 atom stereocenters. The minimum absolute atomic E-state index is 0.240. The van der Waals surface area contributed by atoms with Crippen LogP contribution >= 0.6 is 11.6 Å². The monoisotopic (exact) mass is 503 g/mol. The second-order valence-corrected chi connectivity index (χ2v) is 10.5. The van der Waals surface area contributed by atoms with Crippen molar-refractivity contribution < 1.29 is 19.1 Å². The fraction of sp³-hybridized carbons (Fsp3) is 0.630. The number of piperidine rings is 1. The Balaban J connectivity index is 0.00000141. The van der Waals surface area contributed by atoms with Crippen molar-refractivity contribution in [2.45, 2.75) is 70.8 Å². The highest BCUT2D eigenvalue weighted by molar-refractivity contribution is 6.33. The first kappa shape index (κ1) is 25.7. The predicted octanol–water partition coefficient (Wildman–Crippen LogP) is 4.74. The highest BCUT2D eigenvalue weighted by Gasteiger charge is 2.48. The number of hydrogen-bond donors (Lipinski definition) is 2. The zero-order valence-corrected chi connectivity index (χ0v) is 21.9. The summed E-state index contributed by atoms with van der Waals surface area (Å²) in [5, 5.41) is 6.20. The molecule has 2 saturated carbocycles. The van der Waals surface area contributed by atoms with Crippen molar-refractivity contribution in [2.75, 3.05) is 31.7 Å². The number of carbonyl (C=O) groups excluding carboxylic acids is 2. The van der Waals surface area contributed by atoms with Gasteiger partial charge in [0.15, 0.2) is 11.6 Å². The van der Waals surface area contributed by atoms with Gasteiger partial charge >= 0.3 is 0 Å². The molecule has 35 heavy (non-hydrogen) atoms. The molecule has 8 heteroatoms. The van der Waals surface area contributed by atoms with E-state index < -0.39 is 5.92 Å². The number of anilines is 1. The number of nitrogens with zero attached hydrogens (tertiary/aromatic N) is 1. The van der Waals surface area contributed by atoms with Gasteiger partial charge in [0.2, 0.25) is 11.8 Å². The number of halogens is 1. The molecule has 4 fully saturated rings. The van der Waals surface area contributed by atoms with Crippen LogP contribution in [0.4, 0.5) is 5.69 Å². The third-order valence-electron chi connectivity index (χ3n) is 7.86. The minimum atomic E-state index is -0.445. The molecule has 2 saturated heterocycles. The van der Waals surface area contributed by atoms with Crippen molar-refractivity contribution in [2.24, 2.45) is 11.3 Å². The van der Waals surface area contributed by atoms with E-state index in [1.807, 2.05) is 26.0 Å². The number of amides is 2. The maximum Gasteiger partial charge on any atom is 0.234 e. The molecule has 1 unspecified atom stereocenters. The Kier molecular flexibility index (Phi) is 7.84. The Morgan fingerprint density at radius 3 is 2.57 bits per heavy atom. The van der Waals surface area contributed by atoms with Gasteiger partial charge in [-0.1, -0.05) is 37.9 Å². The molecule has 4 aliphatic rings. The third kappa shape index (κ3) is 5.25. The zero-order valence-electron chi connectivity index (χ0n) is 21.1. The lowest BCUT2D eigenvalue weighted by Crippen LogP contribution is -2.58. The van der Waals surface area contributed by atoms with E-state index in [2.05, 4.69) is 22.1 Å². The predicted molar refractivity (Wildman–Crippen MR) is 138 cm³/mol. The standard InChI is InChI=1S/C25H32ClN3O4.C2H6/c1-15(33-14-16-10-25(11-16)8-3-9-25)27-17-12-29(13-17)20-6-4-18(22(26)23(20)32-2)19-5-7-21(30)28-24(19)31;1-2/h4,6,16-17,19,27H,1,3,5,7-14H2,2H3,(H,28,30,31);1-2H3. The van der Waals surface area contributed by atoms with E-state index in [1.165, 1.54) is 32.1 Å². The van der Waals surface area contributed by atoms with Crippen LogP contribution < -0.4 is 20.3 Å². The first-order valence-corrected chi connectivity index (χ1v) is 13.3. The summed E-state index contributed by atoms with van der Waals surface area (Å²) < 4.78 is 11.5. The van der Waals surface area contributed by atoms with Crippen molar-refractivity contribution in [3.05, 3.63) is 35.2 Å². The summed E-state index contributed by atoms with van der Waals surface area (Å²) in [6, 6.07) is 4.06. The summed E-state index contributed by atoms with van der Waals surface area (Å²) in [5.74, 6) is 0.889. The van der Waals surface area contributed by atoms with Gasteiger partial charge in [0.1, 0.15) is 0 Å². The third-order valence-corrected chi connectivity index (χ3v) is 8.25. The van der Waals surface area contributed by atoms with Crippen LogP contribution in [-0.2, 0) is 14.3 Å². The largest absolute Gasteiger partial charge is 0.493 e. The molecule has 1 aromatic rings. The second-order valence-electron chi connectivity index (χ2n) is 10.1. The number of ether oxygens (including phenoxy) is 2. The summed E-state index contributed by atoms with van der Waals surface area (Å²) in [7, 11) is 1.58. The van der Waals surface area contributed by atoms with Crippen LogP contribution in [0.1, 0.15) is 70.3 Å². The van der Waals surface area contributed by atoms with Gasteiger partial charge < -0.3 is 19.7 Å². The molecule has 0 aromatic heterocycles. The second kappa shape index (κ2) is 10.7. The number of rotatable bonds is 8. The lowest BCUT2D eigenvalue weighted by Gasteiger charge is -2.54. The first-order chi connectivity index (χ1) is 16.9. The van der Waals surface area contributed by atoms with E-state index in [9.17, 15) is 9.59 Å². The number of imide groups is 1. The van der Waals surface area contributed by atoms with Gasteiger partial charge in [-0.05, 0) is 61.6 Å². The van der Waals surface area contributed by atoms with Gasteiger partial charge in [-0.2, -0.15) is 0 Å². The average molecular weight is 504 g/mol. The van der Waals surface area contributed by atoms with Crippen LogP contribution in [0.3, 0.4) is 0 Å². The fourth-order valence-electron chi connectivity index (χ4n) is 5.89. The summed E-state index contributed by atoms with van der Waals surface area (Å²) in [6.45, 7) is 10.4. The average Bonchev–Trinajstić information content (AvgIpc) is 2.76. The fourth-order valence-corrected chi connectivity index (χ4v) is 6.25. The molecule has 1 aromatic carbocycles. The summed E-state index contributed by atoms with van der Waals surface area (Å²) in [4.78, 5) is 25.9. The molecule has 5 rings (SSSR count). The van der Waals surface area contributed by atoms with Crippen LogP contribution in [0.15, 0.2) is 24.6 Å². The van der Waals surface area contributed by atoms with E-state index in [-0.39, 0.29) is 17.9 Å². The van der Waals surface area contributed by atoms with Gasteiger partial charge in [0, 0.05) is 19.5 Å². The van der Waals surface area contributed by atoms with Gasteiger partial charge in [-0.15, -0.1) is 0 Å². The lowest BCUT2D eigenvalue weighted by molar-refractivity contribution is -0.134. The van der Waals surface area contributed by atoms with Crippen LogP contribution in [0.25, 0.3) is 0 Å². The molecule has 7 nitrogen and oxygen atoms in total. The maximum atomic E-state index is 12.3. The first-order valence-electron chi connectivity index (χ1n) is 12.9. The molecular formula is C27H38ClN3O4. The van der Waals surface area contributed by atoms with E-state index in [4.69, 9.17) is 21.1 Å². The normalized spacial score (nSPS) is 23.2. The van der Waals surface area contributed by atoms with Crippen molar-refractivity contribution in [3.8, 4) is 5.75 Å². The molecule has 0 radical (unpaired) electrons. The SMILES string of the molecule is C=C(NC1CN(c2ccc(C3CCC(=O)NC3=O)c(Cl)c2OC)C1)OCC1CC2(CCC2)C1.CC. The van der Waals surface area contributed by atoms with Gasteiger partial charge in [0.25, 0.3) is 0 Å². The molecule has 2 aliphatic carbocycles. The van der Waals surface area contributed by atoms with E-state index in [0.29, 0.717) is 46.4 Å². The lowest BCUT2D eigenvalue weighted by atomic mass is 9.52. The Labute approximate surface area is 213 Å². The Hall–Kier alpha value is -2.41. The van der Waals surface area contributed by atoms with Crippen molar-refractivity contribution >= 4 is 29.1 Å². The van der Waals surface area contributed by atoms with Crippen LogP contribution in [0, 0.1) is 11.3 Å². The van der Waals surface area contributed by atoms with Gasteiger partial charge in [-0.3, -0.25) is 14.9 Å². The number of hydrogen-bond acceptors (Lipinski definition) is 6. The van der Waals surface area contributed by atoms with E-state index >= 15 is 0 Å². The minimum Gasteiger partial charge on any atom is -0.493 e. The summed E-state index contributed by atoms with van der Waals surface area (Å²) >= 11 is 6.65. The van der Waals surface area contributed by atoms with Crippen molar-refractivity contribution in [1.29, 1.82) is 0 Å². The number of nitrogens with one attached hydrogen (secondary N) is 2. The van der Waals surface area contributed by atoms with Crippen LogP contribution in [-0.4, -0.2) is 44.7 Å². The number of methoxy groups -OCH3 is 1. The highest BCUT2D eigenvalue weighted by Crippen LogP contribution is 2.58. The highest BCUT2D eigenvalue weighted by atomic mass is 35.5. The smallest absolute Gasteiger partial charge is 0.234 e. The summed E-state index contributed by atoms with van der Waals surface area (Å²) in [5.41, 5.74) is 2.26. The molecule has 2 N–H and O–H groups in total. The van der Waals surface area contributed by atoms with Crippen LogP contribution in [0.2, 0.25) is 5.02 Å². The Morgan fingerprint density at radius 2 is 1.97 bits per heavy atom. The molecule has 1 spiro atoms. The maximum absolute atomic E-state index is 12.3. The molecule has 0 bridgehead atoms. The Bertz CT molecular complexity index is 963. The molecule has 2 heterocycles. The van der Waals surface area contributed by atoms with E-state index in [1.54, 1.807) is 7.11 Å². The number of carbonyl (C=O) groups is 2. The summed E-state index contributed by atoms with van der Waals surface area (Å²) in [6.07, 6.45) is 7.59. The molecule has 192 valence electrons. The van der Waals surface area contributed by atoms with Gasteiger partial charge in [0.05, 0.1) is 36.4 Å². The van der Waals surface area contributed by atoms with Crippen molar-refractivity contribution in [1.82, 2.24) is 10.6 Å². The zero-order chi connectivity index (χ0) is 25.2. The van der Waals surface area contributed by atoms with Crippen molar-refractivity contribution in [3.63, 3.8) is 0 Å². The van der Waals surface area contributed by atoms with Gasteiger partial charge in [-0.25, -0.2) is 0 Å². The Morgan fingerprint density at radius 1 is 1.26 bits per heavy atom. The molecule has 2 amide bonds. The number of benzene rings is 1. The van der Waals surface area contributed by atoms with E-state index in [0.717, 1.165) is 25.4 Å². The quantitative estimate of drug-likeness (QED) is 0.394. The van der Waals surface area contributed by atoms with Crippen LogP contribution in [0.5, 0.6) is 5.75 Å². The molecule has 2 aliphatic heterocycles. The topological polar surface area (TPSA) is 79.9 Å².